The summed E-state index contributed by atoms with van der Waals surface area (Å²) >= 11 is 1.42. The number of amides is 3. The molecule has 3 heterocycles. The third-order valence-electron chi connectivity index (χ3n) is 8.12. The van der Waals surface area contributed by atoms with Crippen LogP contribution in [0.15, 0.2) is 36.0 Å². The molecular weight excluding hydrogens is 545 g/mol. The van der Waals surface area contributed by atoms with Gasteiger partial charge in [-0.2, -0.15) is 13.2 Å². The van der Waals surface area contributed by atoms with Crippen molar-refractivity contribution in [1.29, 1.82) is 0 Å². The maximum atomic E-state index is 13.8. The third-order valence-corrected chi connectivity index (χ3v) is 8.93. The highest BCUT2D eigenvalue weighted by Crippen LogP contribution is 2.59. The summed E-state index contributed by atoms with van der Waals surface area (Å²) in [5, 5.41) is 2.60. The molecule has 1 saturated heterocycles. The fraction of sp³-hybridized carbons (Fsp3) is 0.444. The van der Waals surface area contributed by atoms with Crippen molar-refractivity contribution in [3.05, 3.63) is 47.1 Å². The topological polar surface area (TPSA) is 122 Å². The monoisotopic (exact) mass is 572 g/mol. The molecule has 40 heavy (non-hydrogen) atoms. The molecule has 3 amide bonds. The van der Waals surface area contributed by atoms with Crippen molar-refractivity contribution in [2.75, 3.05) is 24.1 Å². The second-order valence-corrected chi connectivity index (χ2v) is 11.8. The number of aromatic nitrogens is 2. The Bertz CT molecular complexity index is 1520. The van der Waals surface area contributed by atoms with E-state index in [0.29, 0.717) is 22.6 Å². The Balaban J connectivity index is 1.29. The number of nitrogens with zero attached hydrogens (tertiary/aromatic N) is 4. The number of carbonyl (C=O) groups excluding carboxylic acids is 3. The lowest BCUT2D eigenvalue weighted by Gasteiger charge is -2.46. The van der Waals surface area contributed by atoms with E-state index in [0.717, 1.165) is 23.1 Å². The lowest BCUT2D eigenvalue weighted by Crippen LogP contribution is -2.60. The lowest BCUT2D eigenvalue weighted by atomic mass is 9.96. The zero-order valence-electron chi connectivity index (χ0n) is 21.6. The number of piperazine rings is 1. The van der Waals surface area contributed by atoms with Crippen molar-refractivity contribution in [3.8, 4) is 0 Å². The molecule has 2 aliphatic carbocycles. The van der Waals surface area contributed by atoms with Crippen LogP contribution in [0, 0.1) is 5.41 Å². The third kappa shape index (κ3) is 4.55. The van der Waals surface area contributed by atoms with E-state index in [4.69, 9.17) is 5.73 Å². The fourth-order valence-corrected chi connectivity index (χ4v) is 6.12. The molecule has 3 aromatic rings. The van der Waals surface area contributed by atoms with Crippen molar-refractivity contribution < 1.29 is 27.6 Å². The van der Waals surface area contributed by atoms with E-state index >= 15 is 0 Å². The summed E-state index contributed by atoms with van der Waals surface area (Å²) in [6, 6.07) is 5.44. The number of nitrogen functional groups attached to an aromatic ring is 1. The minimum absolute atomic E-state index is 0.112. The van der Waals surface area contributed by atoms with Crippen LogP contribution in [0.5, 0.6) is 0 Å². The number of pyridine rings is 1. The Morgan fingerprint density at radius 2 is 1.85 bits per heavy atom. The molecule has 1 aliphatic heterocycles. The van der Waals surface area contributed by atoms with Crippen LogP contribution in [-0.2, 0) is 14.4 Å². The highest BCUT2D eigenvalue weighted by molar-refractivity contribution is 7.16. The van der Waals surface area contributed by atoms with E-state index < -0.39 is 41.4 Å². The number of anilines is 2. The van der Waals surface area contributed by atoms with Crippen molar-refractivity contribution in [3.63, 3.8) is 0 Å². The van der Waals surface area contributed by atoms with Gasteiger partial charge < -0.3 is 20.9 Å². The van der Waals surface area contributed by atoms with Crippen LogP contribution < -0.4 is 11.1 Å². The Morgan fingerprint density at radius 1 is 1.10 bits per heavy atom. The summed E-state index contributed by atoms with van der Waals surface area (Å²) in [6.07, 6.45) is -1.83. The number of carbonyl (C=O) groups is 3. The normalized spacial score (nSPS) is 22.3. The number of halogens is 3. The number of hydrogen-bond acceptors (Lipinski definition) is 7. The number of nitrogens with two attached hydrogens (primary N) is 1. The number of thiazole rings is 1. The van der Waals surface area contributed by atoms with Crippen LogP contribution in [-0.4, -0.2) is 62.8 Å². The SMILES string of the molecule is C[C@@H]1CN(C(=O)C(=O)Nc2cnc(N)c(C3CC3)c2)[C@@H](c2ccc3scnc3c2)CN1C(=O)C1(C(F)(F)F)CC1. The molecule has 1 aromatic carbocycles. The van der Waals surface area contributed by atoms with Gasteiger partial charge in [0.15, 0.2) is 0 Å². The molecule has 2 atom stereocenters. The van der Waals surface area contributed by atoms with E-state index in [1.54, 1.807) is 30.6 Å². The van der Waals surface area contributed by atoms with Gasteiger partial charge in [0.05, 0.1) is 33.7 Å². The van der Waals surface area contributed by atoms with Gasteiger partial charge in [-0.3, -0.25) is 14.4 Å². The van der Waals surface area contributed by atoms with Crippen LogP contribution >= 0.6 is 11.3 Å². The van der Waals surface area contributed by atoms with E-state index in [9.17, 15) is 27.6 Å². The Morgan fingerprint density at radius 3 is 2.52 bits per heavy atom. The molecule has 0 radical (unpaired) electrons. The maximum Gasteiger partial charge on any atom is 0.403 e. The van der Waals surface area contributed by atoms with Gasteiger partial charge >= 0.3 is 18.0 Å². The molecule has 0 unspecified atom stereocenters. The van der Waals surface area contributed by atoms with Crippen LogP contribution in [0.2, 0.25) is 0 Å². The van der Waals surface area contributed by atoms with Crippen molar-refractivity contribution in [2.45, 2.75) is 56.8 Å². The quantitative estimate of drug-likeness (QED) is 0.452. The minimum Gasteiger partial charge on any atom is -0.383 e. The first-order valence-electron chi connectivity index (χ1n) is 13.1. The summed E-state index contributed by atoms with van der Waals surface area (Å²) < 4.78 is 42.4. The Kier molecular flexibility index (Phi) is 6.24. The van der Waals surface area contributed by atoms with E-state index in [2.05, 4.69) is 15.3 Å². The van der Waals surface area contributed by atoms with Gasteiger partial charge in [0, 0.05) is 19.1 Å². The van der Waals surface area contributed by atoms with E-state index in [-0.39, 0.29) is 31.8 Å². The average molecular weight is 573 g/mol. The van der Waals surface area contributed by atoms with Crippen molar-refractivity contribution >= 4 is 50.8 Å². The largest absolute Gasteiger partial charge is 0.403 e. The summed E-state index contributed by atoms with van der Waals surface area (Å²) in [6.45, 7) is 1.30. The van der Waals surface area contributed by atoms with Crippen molar-refractivity contribution in [2.24, 2.45) is 5.41 Å². The second kappa shape index (κ2) is 9.43. The molecule has 0 bridgehead atoms. The Labute approximate surface area is 231 Å². The number of rotatable bonds is 4. The summed E-state index contributed by atoms with van der Waals surface area (Å²) in [5.41, 5.74) is 7.63. The van der Waals surface area contributed by atoms with Gasteiger partial charge in [-0.15, -0.1) is 11.3 Å². The van der Waals surface area contributed by atoms with Crippen LogP contribution in [0.3, 0.4) is 0 Å². The van der Waals surface area contributed by atoms with Gasteiger partial charge in [-0.25, -0.2) is 9.97 Å². The number of nitrogens with one attached hydrogen (secondary N) is 1. The average Bonchev–Trinajstić information content (AvgIpc) is 3.85. The number of benzene rings is 1. The second-order valence-electron chi connectivity index (χ2n) is 10.9. The highest BCUT2D eigenvalue weighted by Gasteiger charge is 2.70. The molecule has 0 spiro atoms. The molecule has 3 fully saturated rings. The molecule has 13 heteroatoms. The van der Waals surface area contributed by atoms with Crippen LogP contribution in [0.4, 0.5) is 24.7 Å². The summed E-state index contributed by atoms with van der Waals surface area (Å²) in [7, 11) is 0. The molecule has 210 valence electrons. The van der Waals surface area contributed by atoms with Crippen molar-refractivity contribution in [1.82, 2.24) is 19.8 Å². The molecule has 9 nitrogen and oxygen atoms in total. The summed E-state index contributed by atoms with van der Waals surface area (Å²) in [5.74, 6) is -2.09. The molecule has 6 rings (SSSR count). The molecule has 3 aliphatic rings. The van der Waals surface area contributed by atoms with Gasteiger partial charge in [-0.1, -0.05) is 6.07 Å². The zero-order valence-corrected chi connectivity index (χ0v) is 22.4. The standard InChI is InChI=1S/C27H27F3N6O3S/c1-14-11-36(24(38)23(37)34-17-9-18(15-2-3-15)22(31)32-10-17)20(16-4-5-21-19(8-16)33-13-40-21)12-35(14)25(39)26(6-7-26)27(28,29)30/h4-5,8-10,13-15,20H,2-3,6-7,11-12H2,1H3,(H2,31,32)(H,34,37)/t14-,20-/m1/s1. The molecule has 2 saturated carbocycles. The van der Waals surface area contributed by atoms with Gasteiger partial charge in [0.2, 0.25) is 5.91 Å². The number of hydrogen-bond donors (Lipinski definition) is 2. The first-order valence-corrected chi connectivity index (χ1v) is 13.9. The van der Waals surface area contributed by atoms with Crippen LogP contribution in [0.1, 0.15) is 55.7 Å². The minimum atomic E-state index is -4.65. The van der Waals surface area contributed by atoms with Crippen LogP contribution in [0.25, 0.3) is 10.2 Å². The lowest BCUT2D eigenvalue weighted by molar-refractivity contribution is -0.201. The summed E-state index contributed by atoms with van der Waals surface area (Å²) in [4.78, 5) is 51.0. The number of fused-ring (bicyclic) bond motifs is 1. The number of alkyl halides is 3. The maximum absolute atomic E-state index is 13.8. The molecule has 2 aromatic heterocycles. The predicted molar refractivity (Wildman–Crippen MR) is 142 cm³/mol. The van der Waals surface area contributed by atoms with Gasteiger partial charge in [0.25, 0.3) is 0 Å². The highest BCUT2D eigenvalue weighted by atomic mass is 32.1. The van der Waals surface area contributed by atoms with E-state index in [1.165, 1.54) is 27.3 Å². The zero-order chi connectivity index (χ0) is 28.4. The van der Waals surface area contributed by atoms with Gasteiger partial charge in [-0.05, 0) is 67.9 Å². The molecular formula is C27H27F3N6O3S. The molecule has 3 N–H and O–H groups in total. The van der Waals surface area contributed by atoms with E-state index in [1.807, 2.05) is 6.07 Å². The smallest absolute Gasteiger partial charge is 0.383 e. The predicted octanol–water partition coefficient (Wildman–Crippen LogP) is 4.23. The fourth-order valence-electron chi connectivity index (χ4n) is 5.47. The Hall–Kier alpha value is -3.74. The first kappa shape index (κ1) is 26.5. The van der Waals surface area contributed by atoms with Gasteiger partial charge in [0.1, 0.15) is 11.2 Å². The first-order chi connectivity index (χ1) is 19.0.